The van der Waals surface area contributed by atoms with Crippen molar-refractivity contribution >= 4 is 21.6 Å². The summed E-state index contributed by atoms with van der Waals surface area (Å²) < 4.78 is 27.2. The highest BCUT2D eigenvalue weighted by Crippen LogP contribution is 2.20. The van der Waals surface area contributed by atoms with Gasteiger partial charge in [-0.05, 0) is 13.3 Å². The molecule has 0 aromatic carbocycles. The monoisotopic (exact) mass is 244 g/mol. The topological polar surface area (TPSA) is 89.3 Å². The van der Waals surface area contributed by atoms with Crippen molar-refractivity contribution in [2.24, 2.45) is 5.92 Å². The average molecular weight is 244 g/mol. The Labute approximate surface area is 92.9 Å². The Bertz CT molecular complexity index is 505. The molecule has 0 bridgehead atoms. The number of anilines is 1. The van der Waals surface area contributed by atoms with Crippen LogP contribution in [0.4, 0.5) is 5.82 Å². The number of nitrogens with zero attached hydrogens (tertiary/aromatic N) is 1. The summed E-state index contributed by atoms with van der Waals surface area (Å²) in [6, 6.07) is 1.58. The molecule has 1 fully saturated rings. The van der Waals surface area contributed by atoms with Crippen LogP contribution in [0.25, 0.3) is 0 Å². The number of hydrogen-bond donors (Lipinski definition) is 1. The molecule has 2 rings (SSSR count). The Morgan fingerprint density at radius 1 is 1.62 bits per heavy atom. The number of amides is 1. The summed E-state index contributed by atoms with van der Waals surface area (Å²) in [5.41, 5.74) is 0. The largest absolute Gasteiger partial charge is 0.360 e. The predicted octanol–water partition coefficient (Wildman–Crippen LogP) is 0.356. The van der Waals surface area contributed by atoms with Crippen LogP contribution in [0.1, 0.15) is 12.2 Å². The van der Waals surface area contributed by atoms with Crippen LogP contribution >= 0.6 is 0 Å². The third-order valence-corrected chi connectivity index (χ3v) is 4.25. The van der Waals surface area contributed by atoms with Crippen LogP contribution < -0.4 is 5.32 Å². The molecular formula is C9H12N2O4S. The normalized spacial score (nSPS) is 23.2. The molecule has 0 spiro atoms. The lowest BCUT2D eigenvalue weighted by Gasteiger charge is -2.05. The van der Waals surface area contributed by atoms with Crippen LogP contribution in [0.3, 0.4) is 0 Å². The molecule has 1 unspecified atom stereocenters. The van der Waals surface area contributed by atoms with Gasteiger partial charge in [-0.15, -0.1) is 0 Å². The van der Waals surface area contributed by atoms with E-state index in [9.17, 15) is 13.2 Å². The van der Waals surface area contributed by atoms with E-state index in [1.165, 1.54) is 0 Å². The molecule has 1 amide bonds. The molecule has 1 N–H and O–H groups in total. The molecule has 6 nitrogen and oxygen atoms in total. The molecule has 7 heteroatoms. The van der Waals surface area contributed by atoms with E-state index < -0.39 is 15.8 Å². The first kappa shape index (κ1) is 11.1. The van der Waals surface area contributed by atoms with E-state index in [1.54, 1.807) is 13.0 Å². The Balaban J connectivity index is 1.99. The van der Waals surface area contributed by atoms with Gasteiger partial charge >= 0.3 is 0 Å². The average Bonchev–Trinajstić information content (AvgIpc) is 2.72. The van der Waals surface area contributed by atoms with E-state index in [-0.39, 0.29) is 17.4 Å². The van der Waals surface area contributed by atoms with Crippen molar-refractivity contribution in [3.05, 3.63) is 11.8 Å². The Morgan fingerprint density at radius 3 is 2.88 bits per heavy atom. The van der Waals surface area contributed by atoms with Gasteiger partial charge < -0.3 is 9.84 Å². The SMILES string of the molecule is Cc1cc(NC(=O)C2CCS(=O)(=O)C2)no1. The fourth-order valence-electron chi connectivity index (χ4n) is 1.66. The summed E-state index contributed by atoms with van der Waals surface area (Å²) in [7, 11) is -3.03. The first-order valence-electron chi connectivity index (χ1n) is 4.91. The third-order valence-electron chi connectivity index (χ3n) is 2.48. The van der Waals surface area contributed by atoms with E-state index >= 15 is 0 Å². The minimum absolute atomic E-state index is 0.0737. The van der Waals surface area contributed by atoms with Gasteiger partial charge in [0.1, 0.15) is 5.76 Å². The van der Waals surface area contributed by atoms with Crippen LogP contribution in [0.5, 0.6) is 0 Å². The smallest absolute Gasteiger partial charge is 0.229 e. The Morgan fingerprint density at radius 2 is 2.38 bits per heavy atom. The summed E-state index contributed by atoms with van der Waals surface area (Å²) in [5, 5.41) is 6.14. The summed E-state index contributed by atoms with van der Waals surface area (Å²) in [6.45, 7) is 1.71. The Hall–Kier alpha value is -1.37. The molecule has 1 aromatic rings. The minimum atomic E-state index is -3.03. The molecule has 88 valence electrons. The van der Waals surface area contributed by atoms with Gasteiger partial charge in [-0.25, -0.2) is 8.42 Å². The summed E-state index contributed by atoms with van der Waals surface area (Å²) in [5.74, 6) is 0.149. The van der Waals surface area contributed by atoms with E-state index in [4.69, 9.17) is 4.52 Å². The highest BCUT2D eigenvalue weighted by molar-refractivity contribution is 7.91. The molecule has 2 heterocycles. The van der Waals surface area contributed by atoms with Gasteiger partial charge in [-0.3, -0.25) is 4.79 Å². The fraction of sp³-hybridized carbons (Fsp3) is 0.556. The van der Waals surface area contributed by atoms with Crippen LogP contribution in [0.15, 0.2) is 10.6 Å². The van der Waals surface area contributed by atoms with E-state index in [1.807, 2.05) is 0 Å². The number of carbonyl (C=O) groups excluding carboxylic acids is 1. The maximum atomic E-state index is 11.7. The zero-order valence-corrected chi connectivity index (χ0v) is 9.58. The highest BCUT2D eigenvalue weighted by atomic mass is 32.2. The quantitative estimate of drug-likeness (QED) is 0.811. The van der Waals surface area contributed by atoms with Gasteiger partial charge in [0.2, 0.25) is 5.91 Å². The zero-order chi connectivity index (χ0) is 11.8. The second-order valence-electron chi connectivity index (χ2n) is 3.91. The molecule has 0 radical (unpaired) electrons. The summed E-state index contributed by atoms with van der Waals surface area (Å²) in [4.78, 5) is 11.7. The zero-order valence-electron chi connectivity index (χ0n) is 8.76. The minimum Gasteiger partial charge on any atom is -0.360 e. The maximum Gasteiger partial charge on any atom is 0.229 e. The second kappa shape index (κ2) is 3.89. The van der Waals surface area contributed by atoms with Gasteiger partial charge in [0.25, 0.3) is 0 Å². The summed E-state index contributed by atoms with van der Waals surface area (Å²) in [6.07, 6.45) is 0.380. The number of nitrogens with one attached hydrogen (secondary N) is 1. The molecule has 1 saturated heterocycles. The lowest BCUT2D eigenvalue weighted by Crippen LogP contribution is -2.23. The number of rotatable bonds is 2. The van der Waals surface area contributed by atoms with E-state index in [0.717, 1.165) is 0 Å². The molecule has 1 atom stereocenters. The number of aryl methyl sites for hydroxylation is 1. The first-order valence-corrected chi connectivity index (χ1v) is 6.73. The van der Waals surface area contributed by atoms with Crippen molar-refractivity contribution in [3.8, 4) is 0 Å². The maximum absolute atomic E-state index is 11.7. The molecule has 1 aromatic heterocycles. The van der Waals surface area contributed by atoms with Gasteiger partial charge in [-0.2, -0.15) is 0 Å². The van der Waals surface area contributed by atoms with Gasteiger partial charge in [-0.1, -0.05) is 5.16 Å². The van der Waals surface area contributed by atoms with Crippen LogP contribution in [-0.4, -0.2) is 31.0 Å². The van der Waals surface area contributed by atoms with Crippen molar-refractivity contribution in [3.63, 3.8) is 0 Å². The standard InChI is InChI=1S/C9H12N2O4S/c1-6-4-8(11-15-6)10-9(12)7-2-3-16(13,14)5-7/h4,7H,2-3,5H2,1H3,(H,10,11,12). The molecule has 1 aliphatic rings. The predicted molar refractivity (Wildman–Crippen MR) is 56.6 cm³/mol. The van der Waals surface area contributed by atoms with Gasteiger partial charge in [0.15, 0.2) is 15.7 Å². The Kier molecular flexibility index (Phi) is 2.71. The fourth-order valence-corrected chi connectivity index (χ4v) is 3.40. The van der Waals surface area contributed by atoms with Gasteiger partial charge in [0.05, 0.1) is 17.4 Å². The molecule has 16 heavy (non-hydrogen) atoms. The molecule has 0 saturated carbocycles. The second-order valence-corrected chi connectivity index (χ2v) is 6.14. The molecule has 1 aliphatic heterocycles. The van der Waals surface area contributed by atoms with Crippen LogP contribution in [-0.2, 0) is 14.6 Å². The highest BCUT2D eigenvalue weighted by Gasteiger charge is 2.33. The van der Waals surface area contributed by atoms with Crippen molar-refractivity contribution < 1.29 is 17.7 Å². The van der Waals surface area contributed by atoms with E-state index in [2.05, 4.69) is 10.5 Å². The molecular weight excluding hydrogens is 232 g/mol. The number of aromatic nitrogens is 1. The third kappa shape index (κ3) is 2.41. The lowest BCUT2D eigenvalue weighted by molar-refractivity contribution is -0.119. The van der Waals surface area contributed by atoms with Crippen LogP contribution in [0.2, 0.25) is 0 Å². The lowest BCUT2D eigenvalue weighted by atomic mass is 10.1. The van der Waals surface area contributed by atoms with Gasteiger partial charge in [0, 0.05) is 6.07 Å². The van der Waals surface area contributed by atoms with Crippen molar-refractivity contribution in [2.45, 2.75) is 13.3 Å². The van der Waals surface area contributed by atoms with Crippen LogP contribution in [0, 0.1) is 12.8 Å². The molecule has 0 aliphatic carbocycles. The summed E-state index contributed by atoms with van der Waals surface area (Å²) >= 11 is 0. The van der Waals surface area contributed by atoms with Crippen molar-refractivity contribution in [1.29, 1.82) is 0 Å². The first-order chi connectivity index (χ1) is 7.46. The number of carbonyl (C=O) groups is 1. The number of hydrogen-bond acceptors (Lipinski definition) is 5. The number of sulfone groups is 1. The van der Waals surface area contributed by atoms with Crippen molar-refractivity contribution in [2.75, 3.05) is 16.8 Å². The van der Waals surface area contributed by atoms with Crippen molar-refractivity contribution in [1.82, 2.24) is 5.16 Å². The van der Waals surface area contributed by atoms with E-state index in [0.29, 0.717) is 18.0 Å².